The maximum atomic E-state index is 12.8. The summed E-state index contributed by atoms with van der Waals surface area (Å²) in [5.41, 5.74) is 2.56. The minimum Gasteiger partial charge on any atom is -0.322 e. The predicted octanol–water partition coefficient (Wildman–Crippen LogP) is 5.43. The molecule has 1 aliphatic rings. The number of amides is 1. The van der Waals surface area contributed by atoms with Crippen molar-refractivity contribution in [3.8, 4) is 0 Å². The van der Waals surface area contributed by atoms with Crippen molar-refractivity contribution in [3.63, 3.8) is 0 Å². The Morgan fingerprint density at radius 2 is 1.85 bits per heavy atom. The highest BCUT2D eigenvalue weighted by Crippen LogP contribution is 2.27. The molecule has 0 fully saturated rings. The Bertz CT molecular complexity index is 984. The topological polar surface area (TPSA) is 41.5 Å². The molecule has 0 aliphatic carbocycles. The van der Waals surface area contributed by atoms with Crippen LogP contribution in [0, 0.1) is 0 Å². The Morgan fingerprint density at radius 3 is 2.69 bits per heavy atom. The first-order valence-electron chi connectivity index (χ1n) is 8.48. The third kappa shape index (κ3) is 3.94. The maximum absolute atomic E-state index is 12.8. The summed E-state index contributed by atoms with van der Waals surface area (Å²) in [5, 5.41) is 5.32. The van der Waals surface area contributed by atoms with Gasteiger partial charge in [0.1, 0.15) is 4.38 Å². The second kappa shape index (κ2) is 7.98. The zero-order chi connectivity index (χ0) is 17.8. The van der Waals surface area contributed by atoms with Gasteiger partial charge in [0.15, 0.2) is 0 Å². The number of benzene rings is 3. The number of carbonyl (C=O) groups is 1. The normalized spacial score (nSPS) is 13.6. The van der Waals surface area contributed by atoms with E-state index in [0.29, 0.717) is 0 Å². The molecular weight excluding hydrogens is 360 g/mol. The number of hydrogen-bond acceptors (Lipinski definition) is 4. The monoisotopic (exact) mass is 378 g/mol. The highest BCUT2D eigenvalue weighted by atomic mass is 32.2. The Labute approximate surface area is 161 Å². The molecule has 1 aliphatic heterocycles. The lowest BCUT2D eigenvalue weighted by Crippen LogP contribution is -2.14. The number of thioether (sulfide) groups is 2. The summed E-state index contributed by atoms with van der Waals surface area (Å²) in [7, 11) is 0. The van der Waals surface area contributed by atoms with Gasteiger partial charge in [-0.15, -0.1) is 0 Å². The van der Waals surface area contributed by atoms with Gasteiger partial charge in [0.2, 0.25) is 0 Å². The fraction of sp³-hybridized carbons (Fsp3) is 0.143. The van der Waals surface area contributed by atoms with E-state index in [1.54, 1.807) is 23.5 Å². The number of fused-ring (bicyclic) bond motifs is 1. The summed E-state index contributed by atoms with van der Waals surface area (Å²) < 4.78 is 1.12. The van der Waals surface area contributed by atoms with Crippen LogP contribution >= 0.6 is 23.5 Å². The standard InChI is InChI=1S/C21H18N2OS2/c24-20(23-18-10-9-15-5-1-2-6-16(15)13-18)19-8-4-3-7-17(19)14-26-21-22-11-12-25-21/h1-10,13H,11-12,14H2,(H,23,24). The third-order valence-corrected chi connectivity index (χ3v) is 6.48. The summed E-state index contributed by atoms with van der Waals surface area (Å²) in [6.45, 7) is 0.900. The number of aliphatic imine (C=N–C) groups is 1. The van der Waals surface area contributed by atoms with E-state index in [1.807, 2.05) is 54.6 Å². The first-order valence-corrected chi connectivity index (χ1v) is 10.4. The lowest BCUT2D eigenvalue weighted by atomic mass is 10.1. The van der Waals surface area contributed by atoms with Gasteiger partial charge in [0.25, 0.3) is 5.91 Å². The number of rotatable bonds is 4. The number of nitrogens with zero attached hydrogens (tertiary/aromatic N) is 1. The van der Waals surface area contributed by atoms with Crippen LogP contribution in [0.3, 0.4) is 0 Å². The summed E-state index contributed by atoms with van der Waals surface area (Å²) in [6.07, 6.45) is 0. The summed E-state index contributed by atoms with van der Waals surface area (Å²) in [4.78, 5) is 17.3. The minimum atomic E-state index is -0.0718. The Balaban J connectivity index is 1.51. The van der Waals surface area contributed by atoms with Crippen molar-refractivity contribution >= 4 is 50.3 Å². The molecule has 5 heteroatoms. The van der Waals surface area contributed by atoms with Crippen molar-refractivity contribution < 1.29 is 4.79 Å². The van der Waals surface area contributed by atoms with Gasteiger partial charge in [-0.2, -0.15) is 0 Å². The van der Waals surface area contributed by atoms with Crippen LogP contribution in [0.15, 0.2) is 71.7 Å². The van der Waals surface area contributed by atoms with Crippen LogP contribution in [0.2, 0.25) is 0 Å². The smallest absolute Gasteiger partial charge is 0.255 e. The fourth-order valence-corrected chi connectivity index (χ4v) is 4.89. The van der Waals surface area contributed by atoms with E-state index < -0.39 is 0 Å². The largest absolute Gasteiger partial charge is 0.322 e. The van der Waals surface area contributed by atoms with Crippen molar-refractivity contribution in [1.82, 2.24) is 0 Å². The van der Waals surface area contributed by atoms with Gasteiger partial charge < -0.3 is 5.32 Å². The van der Waals surface area contributed by atoms with E-state index in [2.05, 4.69) is 22.4 Å². The van der Waals surface area contributed by atoms with Crippen LogP contribution in [0.25, 0.3) is 10.8 Å². The molecule has 1 heterocycles. The van der Waals surface area contributed by atoms with Gasteiger partial charge in [0.05, 0.1) is 6.54 Å². The van der Waals surface area contributed by atoms with Crippen molar-refractivity contribution in [1.29, 1.82) is 0 Å². The van der Waals surface area contributed by atoms with E-state index in [1.165, 1.54) is 0 Å². The molecule has 4 rings (SSSR count). The quantitative estimate of drug-likeness (QED) is 0.658. The van der Waals surface area contributed by atoms with Crippen LogP contribution in [0.1, 0.15) is 15.9 Å². The summed E-state index contributed by atoms with van der Waals surface area (Å²) in [6, 6.07) is 21.9. The predicted molar refractivity (Wildman–Crippen MR) is 114 cm³/mol. The Kier molecular flexibility index (Phi) is 5.27. The number of hydrogen-bond donors (Lipinski definition) is 1. The number of nitrogens with one attached hydrogen (secondary N) is 1. The molecule has 26 heavy (non-hydrogen) atoms. The molecule has 0 saturated carbocycles. The molecule has 0 aromatic heterocycles. The van der Waals surface area contributed by atoms with E-state index in [4.69, 9.17) is 0 Å². The molecule has 1 N–H and O–H groups in total. The van der Waals surface area contributed by atoms with E-state index in [9.17, 15) is 4.79 Å². The highest BCUT2D eigenvalue weighted by molar-refractivity contribution is 8.38. The molecule has 3 nitrogen and oxygen atoms in total. The summed E-state index contributed by atoms with van der Waals surface area (Å²) >= 11 is 3.50. The fourth-order valence-electron chi connectivity index (χ4n) is 2.88. The van der Waals surface area contributed by atoms with Crippen molar-refractivity contribution in [3.05, 3.63) is 77.9 Å². The van der Waals surface area contributed by atoms with E-state index in [-0.39, 0.29) is 5.91 Å². The first-order chi connectivity index (χ1) is 12.8. The molecule has 0 spiro atoms. The molecule has 1 amide bonds. The van der Waals surface area contributed by atoms with Gasteiger partial charge >= 0.3 is 0 Å². The van der Waals surface area contributed by atoms with Crippen LogP contribution in [-0.2, 0) is 5.75 Å². The van der Waals surface area contributed by atoms with Crippen molar-refractivity contribution in [2.75, 3.05) is 17.6 Å². The molecule has 130 valence electrons. The summed E-state index contributed by atoms with van der Waals surface area (Å²) in [5.74, 6) is 1.75. The van der Waals surface area contributed by atoms with Crippen LogP contribution < -0.4 is 5.32 Å². The molecule has 0 saturated heterocycles. The highest BCUT2D eigenvalue weighted by Gasteiger charge is 2.14. The average Bonchev–Trinajstić information content (AvgIpc) is 3.20. The number of carbonyl (C=O) groups excluding carboxylic acids is 1. The van der Waals surface area contributed by atoms with Gasteiger partial charge in [-0.1, -0.05) is 72.1 Å². The first kappa shape index (κ1) is 17.2. The van der Waals surface area contributed by atoms with Gasteiger partial charge in [0, 0.05) is 22.8 Å². The van der Waals surface area contributed by atoms with Crippen molar-refractivity contribution in [2.45, 2.75) is 5.75 Å². The van der Waals surface area contributed by atoms with Crippen LogP contribution in [0.4, 0.5) is 5.69 Å². The maximum Gasteiger partial charge on any atom is 0.255 e. The lowest BCUT2D eigenvalue weighted by molar-refractivity contribution is 0.102. The molecule has 0 unspecified atom stereocenters. The molecule has 3 aromatic rings. The second-order valence-electron chi connectivity index (χ2n) is 5.96. The molecule has 3 aromatic carbocycles. The van der Waals surface area contributed by atoms with Crippen molar-refractivity contribution in [2.24, 2.45) is 4.99 Å². The van der Waals surface area contributed by atoms with Crippen LogP contribution in [0.5, 0.6) is 0 Å². The SMILES string of the molecule is O=C(Nc1ccc2ccccc2c1)c1ccccc1CSC1=NCCS1. The average molecular weight is 379 g/mol. The van der Waals surface area contributed by atoms with E-state index in [0.717, 1.165) is 50.0 Å². The second-order valence-corrected chi connectivity index (χ2v) is 8.26. The van der Waals surface area contributed by atoms with E-state index >= 15 is 0 Å². The Hall–Kier alpha value is -2.24. The Morgan fingerprint density at radius 1 is 1.04 bits per heavy atom. The minimum absolute atomic E-state index is 0.0718. The van der Waals surface area contributed by atoms with Gasteiger partial charge in [-0.3, -0.25) is 9.79 Å². The molecule has 0 atom stereocenters. The van der Waals surface area contributed by atoms with Crippen LogP contribution in [-0.4, -0.2) is 22.6 Å². The molecule has 0 radical (unpaired) electrons. The zero-order valence-corrected chi connectivity index (χ0v) is 15.8. The molecule has 0 bridgehead atoms. The third-order valence-electron chi connectivity index (χ3n) is 4.18. The lowest BCUT2D eigenvalue weighted by Gasteiger charge is -2.11. The van der Waals surface area contributed by atoms with Gasteiger partial charge in [-0.25, -0.2) is 0 Å². The number of anilines is 1. The zero-order valence-electron chi connectivity index (χ0n) is 14.1. The van der Waals surface area contributed by atoms with Gasteiger partial charge in [-0.05, 0) is 34.5 Å². The molecular formula is C21H18N2OS2.